The Morgan fingerprint density at radius 3 is 1.93 bits per heavy atom. The average molecular weight is 460 g/mol. The summed E-state index contributed by atoms with van der Waals surface area (Å²) in [6.07, 6.45) is 1.59. The Labute approximate surface area is 189 Å². The van der Waals surface area contributed by atoms with Crippen molar-refractivity contribution in [3.63, 3.8) is 0 Å². The maximum atomic E-state index is 9.24. The molecule has 0 spiro atoms. The molecular weight excluding hydrogens is 441 g/mol. The largest absolute Gasteiger partial charge is 0.489 e. The Balaban J connectivity index is 1.52. The second-order valence-corrected chi connectivity index (χ2v) is 8.21. The molecule has 0 saturated carbocycles. The van der Waals surface area contributed by atoms with Gasteiger partial charge in [0.05, 0.1) is 0 Å². The van der Waals surface area contributed by atoms with Gasteiger partial charge in [-0.25, -0.2) is 0 Å². The minimum Gasteiger partial charge on any atom is -0.489 e. The van der Waals surface area contributed by atoms with E-state index in [4.69, 9.17) is 32.7 Å². The van der Waals surface area contributed by atoms with Gasteiger partial charge in [-0.1, -0.05) is 70.5 Å². The van der Waals surface area contributed by atoms with Gasteiger partial charge in [-0.15, -0.1) is 0 Å². The van der Waals surface area contributed by atoms with E-state index in [1.54, 1.807) is 17.8 Å². The van der Waals surface area contributed by atoms with Gasteiger partial charge in [-0.05, 0) is 54.6 Å². The fourth-order valence-electron chi connectivity index (χ4n) is 2.50. The van der Waals surface area contributed by atoms with E-state index in [1.807, 2.05) is 78.9 Å². The molecule has 0 radical (unpaired) electrons. The molecule has 7 heteroatoms. The number of rotatable bonds is 9. The summed E-state index contributed by atoms with van der Waals surface area (Å²) in [7, 11) is 0. The van der Waals surface area contributed by atoms with Crippen LogP contribution in [0.3, 0.4) is 0 Å². The molecule has 4 nitrogen and oxygen atoms in total. The quantitative estimate of drug-likeness (QED) is 0.217. The lowest BCUT2D eigenvalue weighted by Crippen LogP contribution is -2.12. The summed E-state index contributed by atoms with van der Waals surface area (Å²) in [5.41, 5.74) is 1.29. The maximum absolute atomic E-state index is 9.24. The zero-order chi connectivity index (χ0) is 21.2. The normalized spacial score (nSPS) is 11.1. The first-order valence-corrected chi connectivity index (χ1v) is 10.6. The van der Waals surface area contributed by atoms with Crippen LogP contribution in [-0.2, 0) is 0 Å². The van der Waals surface area contributed by atoms with Crippen LogP contribution in [-0.4, -0.2) is 24.1 Å². The lowest BCUT2D eigenvalue weighted by Gasteiger charge is -2.09. The predicted molar refractivity (Wildman–Crippen MR) is 123 cm³/mol. The second-order valence-electron chi connectivity index (χ2n) is 6.05. The van der Waals surface area contributed by atoms with E-state index in [0.29, 0.717) is 18.1 Å². The van der Waals surface area contributed by atoms with Gasteiger partial charge in [0.1, 0.15) is 34.9 Å². The zero-order valence-corrected chi connectivity index (χ0v) is 18.2. The lowest BCUT2D eigenvalue weighted by molar-refractivity contribution is 0.308. The van der Waals surface area contributed by atoms with Crippen LogP contribution in [0.4, 0.5) is 0 Å². The Hall–Kier alpha value is -2.60. The summed E-state index contributed by atoms with van der Waals surface area (Å²) < 4.78 is 11.5. The number of oxime groups is 1. The molecule has 3 aromatic carbocycles. The van der Waals surface area contributed by atoms with Crippen molar-refractivity contribution in [2.45, 2.75) is 9.79 Å². The fourth-order valence-corrected chi connectivity index (χ4v) is 3.44. The molecule has 0 aliphatic carbocycles. The van der Waals surface area contributed by atoms with Gasteiger partial charge in [0.2, 0.25) is 0 Å². The maximum Gasteiger partial charge on any atom is 0.134 e. The summed E-state index contributed by atoms with van der Waals surface area (Å²) >= 11 is 12.7. The van der Waals surface area contributed by atoms with Crippen molar-refractivity contribution < 1.29 is 14.7 Å². The summed E-state index contributed by atoms with van der Waals surface area (Å²) in [6, 6.07) is 24.9. The van der Waals surface area contributed by atoms with Crippen molar-refractivity contribution in [1.29, 1.82) is 0 Å². The van der Waals surface area contributed by atoms with Gasteiger partial charge in [0.15, 0.2) is 0 Å². The highest BCUT2D eigenvalue weighted by molar-refractivity contribution is 7.99. The molecule has 1 N–H and O–H groups in total. The van der Waals surface area contributed by atoms with E-state index in [0.717, 1.165) is 21.1 Å². The van der Waals surface area contributed by atoms with Gasteiger partial charge in [-0.2, -0.15) is 0 Å². The minimum absolute atomic E-state index is 0.179. The van der Waals surface area contributed by atoms with Crippen LogP contribution in [0.15, 0.2) is 104 Å². The highest BCUT2D eigenvalue weighted by Crippen LogP contribution is 2.30. The smallest absolute Gasteiger partial charge is 0.134 e. The second kappa shape index (κ2) is 11.6. The van der Waals surface area contributed by atoms with Crippen LogP contribution in [0, 0.1) is 0 Å². The minimum atomic E-state index is 0.179. The number of benzene rings is 3. The van der Waals surface area contributed by atoms with E-state index in [-0.39, 0.29) is 11.1 Å². The zero-order valence-electron chi connectivity index (χ0n) is 15.9. The van der Waals surface area contributed by atoms with Crippen molar-refractivity contribution in [3.8, 4) is 11.5 Å². The average Bonchev–Trinajstić information content (AvgIpc) is 2.77. The molecule has 0 bridgehead atoms. The van der Waals surface area contributed by atoms with Crippen molar-refractivity contribution in [2.24, 2.45) is 5.16 Å². The topological polar surface area (TPSA) is 51.1 Å². The van der Waals surface area contributed by atoms with Crippen LogP contribution in [0.25, 0.3) is 0 Å². The van der Waals surface area contributed by atoms with E-state index in [1.165, 1.54) is 0 Å². The molecule has 0 aromatic heterocycles. The van der Waals surface area contributed by atoms with Crippen molar-refractivity contribution in [2.75, 3.05) is 13.2 Å². The van der Waals surface area contributed by atoms with Crippen molar-refractivity contribution >= 4 is 40.7 Å². The molecule has 154 valence electrons. The Morgan fingerprint density at radius 1 is 0.833 bits per heavy atom. The molecule has 0 amide bonds. The Kier molecular flexibility index (Phi) is 8.51. The molecule has 0 atom stereocenters. The number of halogens is 2. The van der Waals surface area contributed by atoms with Crippen molar-refractivity contribution in [3.05, 3.63) is 95.0 Å². The van der Waals surface area contributed by atoms with Gasteiger partial charge < -0.3 is 14.7 Å². The van der Waals surface area contributed by atoms with E-state index in [9.17, 15) is 5.21 Å². The van der Waals surface area contributed by atoms with Gasteiger partial charge in [-0.3, -0.25) is 0 Å². The van der Waals surface area contributed by atoms with Crippen LogP contribution >= 0.6 is 35.0 Å². The standard InChI is InChI=1S/C23H19Cl2NO3S/c24-23(25)14-15-28-18-6-10-20(11-7-18)30-21-12-8-19(9-13-21)29-16-22(26-27)17-4-2-1-3-5-17/h1-14,27H,15-16H2. The van der Waals surface area contributed by atoms with Crippen LogP contribution in [0.2, 0.25) is 0 Å². The van der Waals surface area contributed by atoms with E-state index < -0.39 is 0 Å². The first-order valence-electron chi connectivity index (χ1n) is 9.05. The first-order chi connectivity index (χ1) is 14.6. The third-order valence-electron chi connectivity index (χ3n) is 3.97. The Morgan fingerprint density at radius 2 is 1.40 bits per heavy atom. The van der Waals surface area contributed by atoms with E-state index >= 15 is 0 Å². The lowest BCUT2D eigenvalue weighted by atomic mass is 10.1. The first kappa shape index (κ1) is 22.1. The molecule has 30 heavy (non-hydrogen) atoms. The predicted octanol–water partition coefficient (Wildman–Crippen LogP) is 6.79. The van der Waals surface area contributed by atoms with Gasteiger partial charge in [0.25, 0.3) is 0 Å². The molecule has 0 aliphatic heterocycles. The summed E-state index contributed by atoms with van der Waals surface area (Å²) in [4.78, 5) is 2.16. The number of nitrogens with zero attached hydrogens (tertiary/aromatic N) is 1. The summed E-state index contributed by atoms with van der Waals surface area (Å²) in [5.74, 6) is 1.44. The molecular formula is C23H19Cl2NO3S. The third kappa shape index (κ3) is 7.02. The molecule has 0 saturated heterocycles. The molecule has 3 aromatic rings. The van der Waals surface area contributed by atoms with Gasteiger partial charge in [0, 0.05) is 15.4 Å². The van der Waals surface area contributed by atoms with Gasteiger partial charge >= 0.3 is 0 Å². The Bertz CT molecular complexity index is 987. The third-order valence-corrected chi connectivity index (χ3v) is 5.30. The fraction of sp³-hybridized carbons (Fsp3) is 0.0870. The van der Waals surface area contributed by atoms with Crippen molar-refractivity contribution in [1.82, 2.24) is 0 Å². The number of hydrogen-bond donors (Lipinski definition) is 1. The molecule has 3 rings (SSSR count). The number of ether oxygens (including phenoxy) is 2. The molecule has 0 unspecified atom stereocenters. The van der Waals surface area contributed by atoms with Crippen LogP contribution in [0.5, 0.6) is 11.5 Å². The molecule has 0 aliphatic rings. The summed E-state index contributed by atoms with van der Waals surface area (Å²) in [5, 5.41) is 12.6. The van der Waals surface area contributed by atoms with Crippen LogP contribution < -0.4 is 9.47 Å². The van der Waals surface area contributed by atoms with Crippen LogP contribution in [0.1, 0.15) is 5.56 Å². The molecule has 0 fully saturated rings. The highest BCUT2D eigenvalue weighted by Gasteiger charge is 2.06. The SMILES string of the molecule is ON=C(COc1ccc(Sc2ccc(OCC=C(Cl)Cl)cc2)cc1)c1ccccc1. The summed E-state index contributed by atoms with van der Waals surface area (Å²) in [6.45, 7) is 0.502. The van der Waals surface area contributed by atoms with E-state index in [2.05, 4.69) is 5.16 Å². The highest BCUT2D eigenvalue weighted by atomic mass is 35.5. The number of hydrogen-bond acceptors (Lipinski definition) is 5. The monoisotopic (exact) mass is 459 g/mol. The molecule has 0 heterocycles.